The van der Waals surface area contributed by atoms with Crippen LogP contribution in [0.3, 0.4) is 0 Å². The van der Waals surface area contributed by atoms with Gasteiger partial charge in [0.15, 0.2) is 0 Å². The molecule has 0 aliphatic heterocycles. The minimum absolute atomic E-state index is 0.00168. The quantitative estimate of drug-likeness (QED) is 0.764. The number of nitrogens with zero attached hydrogens (tertiary/aromatic N) is 1. The molecule has 0 atom stereocenters. The number of carbonyl (C=O) groups is 1. The number of halogens is 2. The largest absolute Gasteiger partial charge is 0.478 e. The Balaban J connectivity index is 2.39. The average Bonchev–Trinajstić information content (AvgIpc) is 2.74. The van der Waals surface area contributed by atoms with Gasteiger partial charge in [0.2, 0.25) is 0 Å². The van der Waals surface area contributed by atoms with E-state index in [4.69, 9.17) is 16.7 Å². The molecule has 0 aliphatic carbocycles. The van der Waals surface area contributed by atoms with Crippen molar-refractivity contribution in [2.75, 3.05) is 0 Å². The molecule has 0 saturated heterocycles. The van der Waals surface area contributed by atoms with Crippen LogP contribution in [0.25, 0.3) is 16.7 Å². The Labute approximate surface area is 122 Å². The summed E-state index contributed by atoms with van der Waals surface area (Å²) in [6, 6.07) is 8.29. The maximum absolute atomic E-state index is 14.0. The van der Waals surface area contributed by atoms with Crippen molar-refractivity contribution in [2.24, 2.45) is 0 Å². The number of benzene rings is 2. The highest BCUT2D eigenvalue weighted by Gasteiger charge is 2.17. The number of carboxylic acids is 1. The summed E-state index contributed by atoms with van der Waals surface area (Å²) in [6.45, 7) is 0. The van der Waals surface area contributed by atoms with E-state index in [1.165, 1.54) is 30.3 Å². The van der Waals surface area contributed by atoms with E-state index in [1.807, 2.05) is 0 Å². The molecule has 0 bridgehead atoms. The van der Waals surface area contributed by atoms with Crippen LogP contribution in [-0.2, 0) is 0 Å². The number of imidazole rings is 1. The number of para-hydroxylation sites is 1. The molecule has 2 aromatic carbocycles. The van der Waals surface area contributed by atoms with Crippen LogP contribution in [-0.4, -0.2) is 20.6 Å². The van der Waals surface area contributed by atoms with E-state index in [1.54, 1.807) is 0 Å². The van der Waals surface area contributed by atoms with E-state index in [9.17, 15) is 14.0 Å². The Morgan fingerprint density at radius 2 is 2.05 bits per heavy atom. The average molecular weight is 307 g/mol. The van der Waals surface area contributed by atoms with Gasteiger partial charge in [0, 0.05) is 5.02 Å². The Kier molecular flexibility index (Phi) is 3.03. The lowest BCUT2D eigenvalue weighted by Gasteiger charge is -2.05. The molecule has 0 unspecified atom stereocenters. The van der Waals surface area contributed by atoms with Gasteiger partial charge < -0.3 is 10.1 Å². The lowest BCUT2D eigenvalue weighted by Crippen LogP contribution is -2.15. The molecule has 7 heteroatoms. The molecule has 106 valence electrons. The molecule has 2 N–H and O–H groups in total. The molecule has 0 radical (unpaired) electrons. The molecule has 0 fully saturated rings. The third-order valence-electron chi connectivity index (χ3n) is 3.10. The fraction of sp³-hybridized carbons (Fsp3) is 0. The van der Waals surface area contributed by atoms with Crippen molar-refractivity contribution in [1.82, 2.24) is 9.55 Å². The van der Waals surface area contributed by atoms with Crippen LogP contribution in [0.15, 0.2) is 41.2 Å². The molecule has 1 aromatic heterocycles. The summed E-state index contributed by atoms with van der Waals surface area (Å²) in [5, 5.41) is 9.33. The smallest absolute Gasteiger partial charge is 0.337 e. The first-order valence-corrected chi connectivity index (χ1v) is 6.29. The number of nitrogens with one attached hydrogen (secondary N) is 1. The number of carboxylic acid groups (broad SMARTS) is 1. The second-order valence-electron chi connectivity index (χ2n) is 4.37. The maximum Gasteiger partial charge on any atom is 0.337 e. The van der Waals surface area contributed by atoms with Crippen molar-refractivity contribution < 1.29 is 14.3 Å². The monoisotopic (exact) mass is 306 g/mol. The predicted molar refractivity (Wildman–Crippen MR) is 75.8 cm³/mol. The summed E-state index contributed by atoms with van der Waals surface area (Å²) < 4.78 is 15.1. The number of aromatic amines is 1. The fourth-order valence-corrected chi connectivity index (χ4v) is 2.37. The zero-order chi connectivity index (χ0) is 15.1. The van der Waals surface area contributed by atoms with Crippen LogP contribution >= 0.6 is 11.6 Å². The van der Waals surface area contributed by atoms with Gasteiger partial charge >= 0.3 is 11.7 Å². The van der Waals surface area contributed by atoms with E-state index in [0.29, 0.717) is 0 Å². The van der Waals surface area contributed by atoms with E-state index in [0.717, 1.165) is 10.6 Å². The van der Waals surface area contributed by atoms with Crippen molar-refractivity contribution in [3.63, 3.8) is 0 Å². The molecule has 0 spiro atoms. The second kappa shape index (κ2) is 4.75. The third kappa shape index (κ3) is 2.09. The molecule has 3 rings (SSSR count). The Morgan fingerprint density at radius 1 is 1.29 bits per heavy atom. The van der Waals surface area contributed by atoms with E-state index in [2.05, 4.69) is 4.98 Å². The van der Waals surface area contributed by atoms with Gasteiger partial charge in [-0.3, -0.25) is 4.57 Å². The highest BCUT2D eigenvalue weighted by Crippen LogP contribution is 2.22. The van der Waals surface area contributed by atoms with Gasteiger partial charge in [-0.05, 0) is 30.3 Å². The lowest BCUT2D eigenvalue weighted by atomic mass is 10.2. The predicted octanol–water partition coefficient (Wildman–Crippen LogP) is 2.81. The van der Waals surface area contributed by atoms with Crippen LogP contribution in [0.5, 0.6) is 0 Å². The van der Waals surface area contributed by atoms with Crippen LogP contribution in [0.4, 0.5) is 4.39 Å². The summed E-state index contributed by atoms with van der Waals surface area (Å²) in [5.74, 6) is -1.85. The molecule has 3 aromatic rings. The highest BCUT2D eigenvalue weighted by molar-refractivity contribution is 6.30. The number of H-pyrrole nitrogens is 1. The first-order valence-electron chi connectivity index (χ1n) is 5.91. The van der Waals surface area contributed by atoms with Gasteiger partial charge in [0.1, 0.15) is 5.82 Å². The van der Waals surface area contributed by atoms with Crippen LogP contribution in [0.2, 0.25) is 5.02 Å². The molecule has 0 saturated carbocycles. The van der Waals surface area contributed by atoms with Gasteiger partial charge in [0.25, 0.3) is 0 Å². The van der Waals surface area contributed by atoms with Gasteiger partial charge in [-0.15, -0.1) is 0 Å². The lowest BCUT2D eigenvalue weighted by molar-refractivity contribution is 0.0699. The number of aromatic nitrogens is 2. The minimum atomic E-state index is -1.18. The SMILES string of the molecule is O=C(O)c1cccc2c1[nH]c(=O)n2-c1ccc(Cl)cc1F. The van der Waals surface area contributed by atoms with Crippen LogP contribution in [0.1, 0.15) is 10.4 Å². The fourth-order valence-electron chi connectivity index (χ4n) is 2.21. The molecule has 21 heavy (non-hydrogen) atoms. The molecule has 1 heterocycles. The van der Waals surface area contributed by atoms with E-state index in [-0.39, 0.29) is 27.3 Å². The van der Waals surface area contributed by atoms with Crippen molar-refractivity contribution in [3.05, 3.63) is 63.3 Å². The van der Waals surface area contributed by atoms with E-state index >= 15 is 0 Å². The van der Waals surface area contributed by atoms with Crippen molar-refractivity contribution in [3.8, 4) is 5.69 Å². The first kappa shape index (κ1) is 13.4. The van der Waals surface area contributed by atoms with E-state index < -0.39 is 17.5 Å². The summed E-state index contributed by atoms with van der Waals surface area (Å²) in [4.78, 5) is 25.7. The molecular weight excluding hydrogens is 299 g/mol. The number of hydrogen-bond donors (Lipinski definition) is 2. The number of hydrogen-bond acceptors (Lipinski definition) is 2. The zero-order valence-electron chi connectivity index (χ0n) is 10.4. The van der Waals surface area contributed by atoms with Crippen molar-refractivity contribution in [1.29, 1.82) is 0 Å². The van der Waals surface area contributed by atoms with Crippen molar-refractivity contribution in [2.45, 2.75) is 0 Å². The number of rotatable bonds is 2. The molecule has 5 nitrogen and oxygen atoms in total. The summed E-state index contributed by atoms with van der Waals surface area (Å²) in [6.07, 6.45) is 0. The third-order valence-corrected chi connectivity index (χ3v) is 3.33. The molecule has 0 aliphatic rings. The number of aromatic carboxylic acids is 1. The highest BCUT2D eigenvalue weighted by atomic mass is 35.5. The topological polar surface area (TPSA) is 75.1 Å². The maximum atomic E-state index is 14.0. The van der Waals surface area contributed by atoms with Gasteiger partial charge in [-0.25, -0.2) is 14.0 Å². The van der Waals surface area contributed by atoms with Gasteiger partial charge in [-0.2, -0.15) is 0 Å². The Bertz CT molecular complexity index is 930. The Hall–Kier alpha value is -2.60. The Morgan fingerprint density at radius 3 is 2.71 bits per heavy atom. The standard InChI is InChI=1S/C14H8ClFN2O3/c15-7-4-5-10(9(16)6-7)18-11-3-1-2-8(13(19)20)12(11)17-14(18)21/h1-6H,(H,17,21)(H,19,20). The number of fused-ring (bicyclic) bond motifs is 1. The zero-order valence-corrected chi connectivity index (χ0v) is 11.2. The minimum Gasteiger partial charge on any atom is -0.478 e. The summed E-state index contributed by atoms with van der Waals surface area (Å²) >= 11 is 5.69. The summed E-state index contributed by atoms with van der Waals surface area (Å²) in [7, 11) is 0. The molecular formula is C14H8ClFN2O3. The van der Waals surface area contributed by atoms with Crippen LogP contribution in [0, 0.1) is 5.82 Å². The molecule has 0 amide bonds. The van der Waals surface area contributed by atoms with Crippen LogP contribution < -0.4 is 5.69 Å². The summed E-state index contributed by atoms with van der Waals surface area (Å²) in [5.41, 5.74) is -0.263. The van der Waals surface area contributed by atoms with Gasteiger partial charge in [-0.1, -0.05) is 17.7 Å². The first-order chi connectivity index (χ1) is 9.99. The second-order valence-corrected chi connectivity index (χ2v) is 4.80. The van der Waals surface area contributed by atoms with Crippen molar-refractivity contribution >= 4 is 28.6 Å². The van der Waals surface area contributed by atoms with Gasteiger partial charge in [0.05, 0.1) is 22.3 Å². The normalized spacial score (nSPS) is 11.0.